The number of nitrogens with one attached hydrogen (secondary N) is 1. The third-order valence-electron chi connectivity index (χ3n) is 1.41. The van der Waals surface area contributed by atoms with Crippen LogP contribution in [0.3, 0.4) is 0 Å². The summed E-state index contributed by atoms with van der Waals surface area (Å²) in [6.07, 6.45) is -0.393. The molecule has 74 valence electrons. The molecule has 0 heterocycles. The molecule has 4 heteroatoms. The fraction of sp³-hybridized carbons (Fsp3) is 1.00. The number of ether oxygens (including phenoxy) is 2. The Hall–Kier alpha value is -0.160. The molecule has 0 aliphatic carbocycles. The van der Waals surface area contributed by atoms with E-state index in [2.05, 4.69) is 5.32 Å². The van der Waals surface area contributed by atoms with E-state index in [-0.39, 0.29) is 6.10 Å². The number of methoxy groups -OCH3 is 1. The Bertz CT molecular complexity index is 88.3. The van der Waals surface area contributed by atoms with E-state index in [4.69, 9.17) is 9.47 Å². The van der Waals surface area contributed by atoms with Crippen LogP contribution in [-0.4, -0.2) is 51.2 Å². The summed E-state index contributed by atoms with van der Waals surface area (Å²) in [7, 11) is 3.42. The van der Waals surface area contributed by atoms with Gasteiger partial charge in [-0.05, 0) is 14.0 Å². The van der Waals surface area contributed by atoms with Crippen molar-refractivity contribution in [3.63, 3.8) is 0 Å². The summed E-state index contributed by atoms with van der Waals surface area (Å²) in [6, 6.07) is 0. The maximum atomic E-state index is 9.24. The molecule has 2 atom stereocenters. The lowest BCUT2D eigenvalue weighted by molar-refractivity contribution is -0.0306. The van der Waals surface area contributed by atoms with E-state index in [1.54, 1.807) is 14.2 Å². The van der Waals surface area contributed by atoms with Crippen LogP contribution in [0.25, 0.3) is 0 Å². The molecule has 4 nitrogen and oxygen atoms in total. The minimum absolute atomic E-state index is 0.0431. The molecule has 0 bridgehead atoms. The third kappa shape index (κ3) is 6.54. The Balaban J connectivity index is 3.27. The first-order valence-corrected chi connectivity index (χ1v) is 4.14. The molecule has 0 spiro atoms. The van der Waals surface area contributed by atoms with Gasteiger partial charge in [0.05, 0.1) is 25.4 Å². The van der Waals surface area contributed by atoms with Crippen molar-refractivity contribution in [2.24, 2.45) is 0 Å². The first-order valence-electron chi connectivity index (χ1n) is 4.14. The highest BCUT2D eigenvalue weighted by Crippen LogP contribution is 1.92. The van der Waals surface area contributed by atoms with Gasteiger partial charge < -0.3 is 19.9 Å². The van der Waals surface area contributed by atoms with E-state index >= 15 is 0 Å². The number of hydrogen-bond donors (Lipinski definition) is 2. The number of hydrogen-bond acceptors (Lipinski definition) is 4. The van der Waals surface area contributed by atoms with Crippen molar-refractivity contribution in [2.75, 3.05) is 33.9 Å². The van der Waals surface area contributed by atoms with Crippen molar-refractivity contribution in [1.29, 1.82) is 0 Å². The number of likely N-dealkylation sites (N-methyl/N-ethyl adjacent to an activating group) is 1. The van der Waals surface area contributed by atoms with Crippen molar-refractivity contribution in [3.05, 3.63) is 0 Å². The minimum Gasteiger partial charge on any atom is -0.389 e. The summed E-state index contributed by atoms with van der Waals surface area (Å²) in [5, 5.41) is 12.1. The van der Waals surface area contributed by atoms with E-state index in [1.165, 1.54) is 0 Å². The van der Waals surface area contributed by atoms with Crippen LogP contribution in [0.5, 0.6) is 0 Å². The molecule has 2 unspecified atom stereocenters. The second-order valence-corrected chi connectivity index (χ2v) is 2.81. The van der Waals surface area contributed by atoms with E-state index in [0.29, 0.717) is 19.8 Å². The minimum atomic E-state index is -0.436. The molecule has 12 heavy (non-hydrogen) atoms. The van der Waals surface area contributed by atoms with Crippen LogP contribution < -0.4 is 5.32 Å². The quantitative estimate of drug-likeness (QED) is 0.556. The van der Waals surface area contributed by atoms with Crippen LogP contribution >= 0.6 is 0 Å². The fourth-order valence-electron chi connectivity index (χ4n) is 0.853. The van der Waals surface area contributed by atoms with E-state index < -0.39 is 6.10 Å². The highest BCUT2D eigenvalue weighted by Gasteiger charge is 2.06. The number of aliphatic hydroxyl groups excluding tert-OH is 1. The molecular weight excluding hydrogens is 158 g/mol. The van der Waals surface area contributed by atoms with Crippen LogP contribution in [0.2, 0.25) is 0 Å². The average molecular weight is 177 g/mol. The molecule has 0 aromatic rings. The summed E-state index contributed by atoms with van der Waals surface area (Å²) >= 11 is 0. The summed E-state index contributed by atoms with van der Waals surface area (Å²) in [4.78, 5) is 0. The molecule has 0 saturated heterocycles. The molecule has 0 saturated carbocycles. The first kappa shape index (κ1) is 11.8. The Morgan fingerprint density at radius 3 is 2.58 bits per heavy atom. The van der Waals surface area contributed by atoms with Crippen LogP contribution in [0.4, 0.5) is 0 Å². The van der Waals surface area contributed by atoms with Crippen molar-refractivity contribution in [3.8, 4) is 0 Å². The fourth-order valence-corrected chi connectivity index (χ4v) is 0.853. The van der Waals surface area contributed by atoms with Crippen LogP contribution in [0.1, 0.15) is 6.92 Å². The second-order valence-electron chi connectivity index (χ2n) is 2.81. The average Bonchev–Trinajstić information content (AvgIpc) is 2.02. The zero-order valence-corrected chi connectivity index (χ0v) is 8.04. The highest BCUT2D eigenvalue weighted by atomic mass is 16.5. The maximum Gasteiger partial charge on any atom is 0.0897 e. The molecule has 2 N–H and O–H groups in total. The van der Waals surface area contributed by atoms with Crippen molar-refractivity contribution < 1.29 is 14.6 Å². The molecule has 0 fully saturated rings. The van der Waals surface area contributed by atoms with Gasteiger partial charge in [0.1, 0.15) is 0 Å². The molecule has 0 radical (unpaired) electrons. The third-order valence-corrected chi connectivity index (χ3v) is 1.41. The van der Waals surface area contributed by atoms with E-state index in [0.717, 1.165) is 0 Å². The lowest BCUT2D eigenvalue weighted by Crippen LogP contribution is -2.30. The Kier molecular flexibility index (Phi) is 7.39. The van der Waals surface area contributed by atoms with Crippen molar-refractivity contribution >= 4 is 0 Å². The summed E-state index contributed by atoms with van der Waals surface area (Å²) in [6.45, 7) is 3.38. The molecule has 0 aliphatic rings. The normalized spacial score (nSPS) is 16.0. The first-order chi connectivity index (χ1) is 5.70. The van der Waals surface area contributed by atoms with Crippen LogP contribution in [0.15, 0.2) is 0 Å². The monoisotopic (exact) mass is 177 g/mol. The highest BCUT2D eigenvalue weighted by molar-refractivity contribution is 4.57. The zero-order chi connectivity index (χ0) is 9.40. The van der Waals surface area contributed by atoms with Gasteiger partial charge in [-0.25, -0.2) is 0 Å². The molecule has 0 rings (SSSR count). The lowest BCUT2D eigenvalue weighted by atomic mass is 10.3. The van der Waals surface area contributed by atoms with Gasteiger partial charge >= 0.3 is 0 Å². The number of aliphatic hydroxyl groups is 1. The Morgan fingerprint density at radius 2 is 2.08 bits per heavy atom. The molecule has 0 aromatic carbocycles. The van der Waals surface area contributed by atoms with Gasteiger partial charge in [0.2, 0.25) is 0 Å². The van der Waals surface area contributed by atoms with E-state index in [9.17, 15) is 5.11 Å². The van der Waals surface area contributed by atoms with E-state index in [1.807, 2.05) is 6.92 Å². The van der Waals surface area contributed by atoms with Crippen molar-refractivity contribution in [2.45, 2.75) is 19.1 Å². The van der Waals surface area contributed by atoms with Gasteiger partial charge in [0.15, 0.2) is 0 Å². The van der Waals surface area contributed by atoms with Crippen LogP contribution in [-0.2, 0) is 9.47 Å². The molecular formula is C8H19NO3. The SMILES string of the molecule is CNCC(O)COC(C)COC. The van der Waals surface area contributed by atoms with Gasteiger partial charge in [-0.1, -0.05) is 0 Å². The second kappa shape index (κ2) is 7.49. The number of rotatable bonds is 7. The summed E-state index contributed by atoms with van der Waals surface area (Å²) in [5.41, 5.74) is 0. The predicted molar refractivity (Wildman–Crippen MR) is 47.2 cm³/mol. The van der Waals surface area contributed by atoms with Gasteiger partial charge in [-0.2, -0.15) is 0 Å². The topological polar surface area (TPSA) is 50.7 Å². The summed E-state index contributed by atoms with van der Waals surface area (Å²) in [5.74, 6) is 0. The predicted octanol–water partition coefficient (Wildman–Crippen LogP) is -0.382. The van der Waals surface area contributed by atoms with Gasteiger partial charge in [-0.3, -0.25) is 0 Å². The Labute approximate surface area is 73.9 Å². The van der Waals surface area contributed by atoms with Gasteiger partial charge in [0.25, 0.3) is 0 Å². The van der Waals surface area contributed by atoms with Crippen molar-refractivity contribution in [1.82, 2.24) is 5.32 Å². The lowest BCUT2D eigenvalue weighted by Gasteiger charge is -2.15. The van der Waals surface area contributed by atoms with Gasteiger partial charge in [-0.15, -0.1) is 0 Å². The standard InChI is InChI=1S/C8H19NO3/c1-7(5-11-3)12-6-8(10)4-9-2/h7-10H,4-6H2,1-3H3. The molecule has 0 aliphatic heterocycles. The maximum absolute atomic E-state index is 9.24. The summed E-state index contributed by atoms with van der Waals surface area (Å²) < 4.78 is 10.2. The smallest absolute Gasteiger partial charge is 0.0897 e. The van der Waals surface area contributed by atoms with Gasteiger partial charge in [0, 0.05) is 13.7 Å². The zero-order valence-electron chi connectivity index (χ0n) is 8.04. The molecule has 0 aromatic heterocycles. The Morgan fingerprint density at radius 1 is 1.42 bits per heavy atom. The van der Waals surface area contributed by atoms with Crippen LogP contribution in [0, 0.1) is 0 Å². The molecule has 0 amide bonds. The largest absolute Gasteiger partial charge is 0.389 e.